The first-order chi connectivity index (χ1) is 10.8. The van der Waals surface area contributed by atoms with Gasteiger partial charge >= 0.3 is 5.97 Å². The van der Waals surface area contributed by atoms with Gasteiger partial charge in [-0.2, -0.15) is 0 Å². The Balaban J connectivity index is 3.28. The maximum atomic E-state index is 10.3. The summed E-state index contributed by atoms with van der Waals surface area (Å²) in [5.41, 5.74) is 0. The van der Waals surface area contributed by atoms with Crippen LogP contribution >= 0.6 is 0 Å². The van der Waals surface area contributed by atoms with Gasteiger partial charge in [0.15, 0.2) is 0 Å². The molecule has 0 aliphatic carbocycles. The first kappa shape index (κ1) is 20.7. The van der Waals surface area contributed by atoms with Gasteiger partial charge in [0.1, 0.15) is 0 Å². The van der Waals surface area contributed by atoms with Crippen molar-refractivity contribution in [3.8, 4) is 0 Å². The molecule has 0 aliphatic rings. The molecule has 0 spiro atoms. The highest BCUT2D eigenvalue weighted by atomic mass is 16.4. The largest absolute Gasteiger partial charge is 0.481 e. The van der Waals surface area contributed by atoms with E-state index in [0.29, 0.717) is 6.42 Å². The third-order valence-corrected chi connectivity index (χ3v) is 3.54. The molecule has 2 nitrogen and oxygen atoms in total. The van der Waals surface area contributed by atoms with Gasteiger partial charge in [-0.25, -0.2) is 0 Å². The summed E-state index contributed by atoms with van der Waals surface area (Å²) in [6, 6.07) is 0. The summed E-state index contributed by atoms with van der Waals surface area (Å²) in [5.74, 6) is -0.677. The Morgan fingerprint density at radius 1 is 0.727 bits per heavy atom. The molecule has 0 aromatic carbocycles. The third kappa shape index (κ3) is 18.7. The van der Waals surface area contributed by atoms with Crippen molar-refractivity contribution in [3.63, 3.8) is 0 Å². The second-order valence-corrected chi connectivity index (χ2v) is 5.75. The Labute approximate surface area is 137 Å². The van der Waals surface area contributed by atoms with Gasteiger partial charge in [-0.3, -0.25) is 4.79 Å². The van der Waals surface area contributed by atoms with Crippen molar-refractivity contribution in [1.82, 2.24) is 0 Å². The molecule has 2 heteroatoms. The van der Waals surface area contributed by atoms with Crippen molar-refractivity contribution in [3.05, 3.63) is 36.5 Å². The van der Waals surface area contributed by atoms with Gasteiger partial charge in [0.25, 0.3) is 0 Å². The van der Waals surface area contributed by atoms with Crippen LogP contribution in [0, 0.1) is 0 Å². The summed E-state index contributed by atoms with van der Waals surface area (Å²) in [5, 5.41) is 8.52. The van der Waals surface area contributed by atoms with Crippen molar-refractivity contribution in [1.29, 1.82) is 0 Å². The Morgan fingerprint density at radius 3 is 2.00 bits per heavy atom. The van der Waals surface area contributed by atoms with Crippen LogP contribution in [0.4, 0.5) is 0 Å². The molecular formula is C20H34O2. The van der Waals surface area contributed by atoms with Crippen LogP contribution in [0.15, 0.2) is 36.5 Å². The molecule has 0 aromatic rings. The minimum Gasteiger partial charge on any atom is -0.481 e. The van der Waals surface area contributed by atoms with Gasteiger partial charge in [0.05, 0.1) is 0 Å². The van der Waals surface area contributed by atoms with Gasteiger partial charge < -0.3 is 5.11 Å². The zero-order valence-electron chi connectivity index (χ0n) is 14.3. The highest BCUT2D eigenvalue weighted by Gasteiger charge is 1.95. The summed E-state index contributed by atoms with van der Waals surface area (Å²) < 4.78 is 0. The zero-order chi connectivity index (χ0) is 16.3. The van der Waals surface area contributed by atoms with E-state index in [9.17, 15) is 4.79 Å². The fraction of sp³-hybridized carbons (Fsp3) is 0.650. The van der Waals surface area contributed by atoms with E-state index in [1.807, 2.05) is 0 Å². The van der Waals surface area contributed by atoms with E-state index in [1.54, 1.807) is 0 Å². The molecule has 0 aromatic heterocycles. The van der Waals surface area contributed by atoms with Crippen LogP contribution < -0.4 is 0 Å². The van der Waals surface area contributed by atoms with Crippen LogP contribution in [0.5, 0.6) is 0 Å². The monoisotopic (exact) mass is 306 g/mol. The highest BCUT2D eigenvalue weighted by Crippen LogP contribution is 2.06. The van der Waals surface area contributed by atoms with E-state index in [-0.39, 0.29) is 0 Å². The predicted molar refractivity (Wildman–Crippen MR) is 96.1 cm³/mol. The number of rotatable bonds is 15. The SMILES string of the molecule is CCCCC/C=C\C=C\CC/C=C/CCCCCCC(=O)O. The fourth-order valence-corrected chi connectivity index (χ4v) is 2.18. The molecule has 0 fully saturated rings. The molecule has 0 amide bonds. The van der Waals surface area contributed by atoms with Gasteiger partial charge in [0, 0.05) is 6.42 Å². The molecule has 0 bridgehead atoms. The Hall–Kier alpha value is -1.31. The Kier molecular flexibility index (Phi) is 16.7. The number of carbonyl (C=O) groups is 1. The number of carboxylic acids is 1. The molecule has 1 N–H and O–H groups in total. The van der Waals surface area contributed by atoms with Gasteiger partial charge in [0.2, 0.25) is 0 Å². The third-order valence-electron chi connectivity index (χ3n) is 3.54. The van der Waals surface area contributed by atoms with Crippen LogP contribution in [0.1, 0.15) is 84.0 Å². The number of carboxylic acid groups (broad SMARTS) is 1. The molecular weight excluding hydrogens is 272 g/mol. The van der Waals surface area contributed by atoms with E-state index < -0.39 is 5.97 Å². The van der Waals surface area contributed by atoms with E-state index in [4.69, 9.17) is 5.11 Å². The standard InChI is InChI=1S/C20H34O2/c1-2-3-4-5-6-7-8-9-10-11-12-13-14-15-16-17-18-19-20(21)22/h6-9,12-13H,2-5,10-11,14-19H2,1H3,(H,21,22)/b7-6-,9-8+,13-12+. The second-order valence-electron chi connectivity index (χ2n) is 5.75. The molecule has 0 heterocycles. The van der Waals surface area contributed by atoms with Crippen molar-refractivity contribution in [2.24, 2.45) is 0 Å². The van der Waals surface area contributed by atoms with Gasteiger partial charge in [-0.15, -0.1) is 0 Å². The number of allylic oxidation sites excluding steroid dienone is 6. The minimum absolute atomic E-state index is 0.315. The van der Waals surface area contributed by atoms with Crippen molar-refractivity contribution < 1.29 is 9.90 Å². The zero-order valence-corrected chi connectivity index (χ0v) is 14.3. The first-order valence-electron chi connectivity index (χ1n) is 8.95. The van der Waals surface area contributed by atoms with Crippen LogP contribution in [0.25, 0.3) is 0 Å². The van der Waals surface area contributed by atoms with Crippen molar-refractivity contribution in [2.45, 2.75) is 84.0 Å². The van der Waals surface area contributed by atoms with Crippen molar-refractivity contribution >= 4 is 5.97 Å². The summed E-state index contributed by atoms with van der Waals surface area (Å²) in [4.78, 5) is 10.3. The first-order valence-corrected chi connectivity index (χ1v) is 8.95. The number of hydrogen-bond acceptors (Lipinski definition) is 1. The summed E-state index contributed by atoms with van der Waals surface area (Å²) in [6.07, 6.45) is 26.3. The van der Waals surface area contributed by atoms with Crippen LogP contribution in [0.3, 0.4) is 0 Å². The van der Waals surface area contributed by atoms with E-state index in [2.05, 4.69) is 43.4 Å². The Bertz CT molecular complexity index is 327. The smallest absolute Gasteiger partial charge is 0.303 e. The lowest BCUT2D eigenvalue weighted by Gasteiger charge is -1.96. The maximum absolute atomic E-state index is 10.3. The van der Waals surface area contributed by atoms with E-state index in [0.717, 1.165) is 38.5 Å². The fourth-order valence-electron chi connectivity index (χ4n) is 2.18. The molecule has 0 saturated carbocycles. The van der Waals surface area contributed by atoms with Gasteiger partial charge in [-0.1, -0.05) is 69.1 Å². The summed E-state index contributed by atoms with van der Waals surface area (Å²) in [6.45, 7) is 2.23. The van der Waals surface area contributed by atoms with Gasteiger partial charge in [-0.05, 0) is 44.9 Å². The Morgan fingerprint density at radius 2 is 1.27 bits per heavy atom. The molecule has 0 aliphatic heterocycles. The lowest BCUT2D eigenvalue weighted by Crippen LogP contribution is -1.93. The lowest BCUT2D eigenvalue weighted by atomic mass is 10.1. The molecule has 0 unspecified atom stereocenters. The molecule has 0 radical (unpaired) electrons. The quantitative estimate of drug-likeness (QED) is 0.215. The maximum Gasteiger partial charge on any atom is 0.303 e. The van der Waals surface area contributed by atoms with E-state index in [1.165, 1.54) is 32.1 Å². The summed E-state index contributed by atoms with van der Waals surface area (Å²) >= 11 is 0. The lowest BCUT2D eigenvalue weighted by molar-refractivity contribution is -0.137. The molecule has 22 heavy (non-hydrogen) atoms. The normalized spacial score (nSPS) is 12.0. The van der Waals surface area contributed by atoms with Crippen LogP contribution in [0.2, 0.25) is 0 Å². The van der Waals surface area contributed by atoms with Crippen LogP contribution in [-0.4, -0.2) is 11.1 Å². The highest BCUT2D eigenvalue weighted by molar-refractivity contribution is 5.66. The van der Waals surface area contributed by atoms with Crippen molar-refractivity contribution in [2.75, 3.05) is 0 Å². The molecule has 0 atom stereocenters. The predicted octanol–water partition coefficient (Wildman–Crippen LogP) is 6.44. The molecule has 126 valence electrons. The number of hydrogen-bond donors (Lipinski definition) is 1. The minimum atomic E-state index is -0.677. The molecule has 0 saturated heterocycles. The average Bonchev–Trinajstić information content (AvgIpc) is 2.50. The second kappa shape index (κ2) is 17.7. The summed E-state index contributed by atoms with van der Waals surface area (Å²) in [7, 11) is 0. The molecule has 0 rings (SSSR count). The van der Waals surface area contributed by atoms with Crippen LogP contribution in [-0.2, 0) is 4.79 Å². The number of unbranched alkanes of at least 4 members (excludes halogenated alkanes) is 8. The average molecular weight is 306 g/mol. The topological polar surface area (TPSA) is 37.3 Å². The number of aliphatic carboxylic acids is 1. The van der Waals surface area contributed by atoms with E-state index >= 15 is 0 Å².